The van der Waals surface area contributed by atoms with Gasteiger partial charge in [0.25, 0.3) is 5.91 Å². The van der Waals surface area contributed by atoms with Gasteiger partial charge in [-0.1, -0.05) is 0 Å². The van der Waals surface area contributed by atoms with Gasteiger partial charge in [0.2, 0.25) is 0 Å². The van der Waals surface area contributed by atoms with Crippen LogP contribution in [0.4, 0.5) is 0 Å². The van der Waals surface area contributed by atoms with Crippen molar-refractivity contribution in [2.24, 2.45) is 5.92 Å². The SMILES string of the molecule is CN(C)Cc1ccsc1C(=O)NCC1CNC1. The van der Waals surface area contributed by atoms with Crippen LogP contribution in [0.15, 0.2) is 11.4 Å². The summed E-state index contributed by atoms with van der Waals surface area (Å²) in [6.07, 6.45) is 0. The van der Waals surface area contributed by atoms with Gasteiger partial charge in [0.15, 0.2) is 0 Å². The lowest BCUT2D eigenvalue weighted by molar-refractivity contribution is 0.0945. The summed E-state index contributed by atoms with van der Waals surface area (Å²) in [4.78, 5) is 14.9. The van der Waals surface area contributed by atoms with Gasteiger partial charge < -0.3 is 15.5 Å². The molecule has 2 N–H and O–H groups in total. The number of carbonyl (C=O) groups excluding carboxylic acids is 1. The van der Waals surface area contributed by atoms with Gasteiger partial charge in [0.1, 0.15) is 0 Å². The van der Waals surface area contributed by atoms with Crippen LogP contribution in [-0.2, 0) is 6.54 Å². The zero-order chi connectivity index (χ0) is 12.3. The van der Waals surface area contributed by atoms with Gasteiger partial charge in [-0.2, -0.15) is 0 Å². The van der Waals surface area contributed by atoms with Gasteiger partial charge in [-0.15, -0.1) is 11.3 Å². The third kappa shape index (κ3) is 3.28. The van der Waals surface area contributed by atoms with Crippen molar-refractivity contribution in [1.29, 1.82) is 0 Å². The van der Waals surface area contributed by atoms with E-state index in [0.717, 1.165) is 36.6 Å². The lowest BCUT2D eigenvalue weighted by atomic mass is 10.0. The Morgan fingerprint density at radius 1 is 1.59 bits per heavy atom. The Morgan fingerprint density at radius 2 is 2.35 bits per heavy atom. The van der Waals surface area contributed by atoms with E-state index in [9.17, 15) is 4.79 Å². The summed E-state index contributed by atoms with van der Waals surface area (Å²) >= 11 is 1.52. The van der Waals surface area contributed by atoms with Crippen LogP contribution in [0.25, 0.3) is 0 Å². The zero-order valence-electron chi connectivity index (χ0n) is 10.3. The lowest BCUT2D eigenvalue weighted by Crippen LogP contribution is -2.48. The van der Waals surface area contributed by atoms with Crippen LogP contribution in [0.1, 0.15) is 15.2 Å². The van der Waals surface area contributed by atoms with Crippen LogP contribution >= 0.6 is 11.3 Å². The molecular formula is C12H19N3OS. The minimum atomic E-state index is 0.0729. The molecule has 0 aromatic carbocycles. The predicted octanol–water partition coefficient (Wildman–Crippen LogP) is 0.759. The van der Waals surface area contributed by atoms with E-state index in [1.54, 1.807) is 0 Å². The number of hydrogen-bond acceptors (Lipinski definition) is 4. The molecule has 1 aromatic heterocycles. The first-order valence-corrected chi connectivity index (χ1v) is 6.75. The summed E-state index contributed by atoms with van der Waals surface area (Å²) in [5.41, 5.74) is 1.12. The van der Waals surface area contributed by atoms with Crippen molar-refractivity contribution in [1.82, 2.24) is 15.5 Å². The molecule has 4 nitrogen and oxygen atoms in total. The Kier molecular flexibility index (Phi) is 4.15. The smallest absolute Gasteiger partial charge is 0.261 e. The third-order valence-electron chi connectivity index (χ3n) is 2.86. The standard InChI is InChI=1S/C12H19N3OS/c1-15(2)8-10-3-4-17-11(10)12(16)14-7-9-5-13-6-9/h3-4,9,13H,5-8H2,1-2H3,(H,14,16). The molecular weight excluding hydrogens is 234 g/mol. The highest BCUT2D eigenvalue weighted by atomic mass is 32.1. The van der Waals surface area contributed by atoms with E-state index in [1.807, 2.05) is 25.5 Å². The number of thiophene rings is 1. The molecule has 0 aliphatic carbocycles. The van der Waals surface area contributed by atoms with Crippen LogP contribution in [0.3, 0.4) is 0 Å². The van der Waals surface area contributed by atoms with Gasteiger partial charge >= 0.3 is 0 Å². The summed E-state index contributed by atoms with van der Waals surface area (Å²) < 4.78 is 0. The van der Waals surface area contributed by atoms with Crippen LogP contribution in [-0.4, -0.2) is 44.5 Å². The molecule has 0 radical (unpaired) electrons. The predicted molar refractivity (Wildman–Crippen MR) is 70.4 cm³/mol. The van der Waals surface area contributed by atoms with Crippen LogP contribution in [0.2, 0.25) is 0 Å². The largest absolute Gasteiger partial charge is 0.351 e. The summed E-state index contributed by atoms with van der Waals surface area (Å²) in [6, 6.07) is 2.03. The monoisotopic (exact) mass is 253 g/mol. The van der Waals surface area contributed by atoms with Gasteiger partial charge in [0, 0.05) is 32.1 Å². The number of hydrogen-bond donors (Lipinski definition) is 2. The first-order chi connectivity index (χ1) is 8.16. The zero-order valence-corrected chi connectivity index (χ0v) is 11.1. The molecule has 2 heterocycles. The second kappa shape index (κ2) is 5.62. The molecule has 0 spiro atoms. The minimum Gasteiger partial charge on any atom is -0.351 e. The topological polar surface area (TPSA) is 44.4 Å². The molecule has 94 valence electrons. The molecule has 17 heavy (non-hydrogen) atoms. The molecule has 1 fully saturated rings. The number of nitrogens with zero attached hydrogens (tertiary/aromatic N) is 1. The Hall–Kier alpha value is -0.910. The van der Waals surface area contributed by atoms with E-state index < -0.39 is 0 Å². The number of carbonyl (C=O) groups is 1. The van der Waals surface area contributed by atoms with Crippen molar-refractivity contribution < 1.29 is 4.79 Å². The molecule has 0 atom stereocenters. The van der Waals surface area contributed by atoms with Crippen molar-refractivity contribution in [2.45, 2.75) is 6.54 Å². The Balaban J connectivity index is 1.90. The van der Waals surface area contributed by atoms with Crippen molar-refractivity contribution in [3.8, 4) is 0 Å². The Labute approximate surface area is 106 Å². The summed E-state index contributed by atoms with van der Waals surface area (Å²) in [6.45, 7) is 3.65. The summed E-state index contributed by atoms with van der Waals surface area (Å²) in [5, 5.41) is 8.20. The normalized spacial score (nSPS) is 15.9. The third-order valence-corrected chi connectivity index (χ3v) is 3.81. The summed E-state index contributed by atoms with van der Waals surface area (Å²) in [5.74, 6) is 0.681. The minimum absolute atomic E-state index is 0.0729. The maximum atomic E-state index is 12.0. The number of rotatable bonds is 5. The molecule has 1 amide bonds. The van der Waals surface area contributed by atoms with Crippen molar-refractivity contribution in [3.05, 3.63) is 21.9 Å². The molecule has 0 saturated carbocycles. The van der Waals surface area contributed by atoms with Crippen molar-refractivity contribution in [3.63, 3.8) is 0 Å². The van der Waals surface area contributed by atoms with E-state index in [-0.39, 0.29) is 5.91 Å². The van der Waals surface area contributed by atoms with Crippen molar-refractivity contribution in [2.75, 3.05) is 33.7 Å². The van der Waals surface area contributed by atoms with Gasteiger partial charge in [-0.3, -0.25) is 4.79 Å². The molecule has 0 bridgehead atoms. The quantitative estimate of drug-likeness (QED) is 0.814. The summed E-state index contributed by atoms with van der Waals surface area (Å²) in [7, 11) is 4.03. The Morgan fingerprint density at radius 3 is 2.94 bits per heavy atom. The van der Waals surface area contributed by atoms with Gasteiger partial charge in [-0.05, 0) is 31.1 Å². The fraction of sp³-hybridized carbons (Fsp3) is 0.583. The average Bonchev–Trinajstić information content (AvgIpc) is 2.62. The highest BCUT2D eigenvalue weighted by molar-refractivity contribution is 7.12. The van der Waals surface area contributed by atoms with Crippen LogP contribution in [0, 0.1) is 5.92 Å². The van der Waals surface area contributed by atoms with E-state index in [0.29, 0.717) is 5.92 Å². The van der Waals surface area contributed by atoms with Gasteiger partial charge in [-0.25, -0.2) is 0 Å². The molecule has 1 aliphatic heterocycles. The van der Waals surface area contributed by atoms with E-state index >= 15 is 0 Å². The molecule has 0 unspecified atom stereocenters. The highest BCUT2D eigenvalue weighted by Crippen LogP contribution is 2.18. The maximum Gasteiger partial charge on any atom is 0.261 e. The number of nitrogens with one attached hydrogen (secondary N) is 2. The first kappa shape index (κ1) is 12.5. The van der Waals surface area contributed by atoms with E-state index in [4.69, 9.17) is 0 Å². The first-order valence-electron chi connectivity index (χ1n) is 5.87. The maximum absolute atomic E-state index is 12.0. The van der Waals surface area contributed by atoms with Crippen molar-refractivity contribution >= 4 is 17.2 Å². The molecule has 1 saturated heterocycles. The second-order valence-corrected chi connectivity index (χ2v) is 5.66. The second-order valence-electron chi connectivity index (χ2n) is 4.75. The molecule has 2 rings (SSSR count). The molecule has 5 heteroatoms. The fourth-order valence-corrected chi connectivity index (χ4v) is 2.64. The van der Waals surface area contributed by atoms with E-state index in [2.05, 4.69) is 15.5 Å². The van der Waals surface area contributed by atoms with E-state index in [1.165, 1.54) is 11.3 Å². The molecule has 1 aliphatic rings. The van der Waals surface area contributed by atoms with Crippen LogP contribution < -0.4 is 10.6 Å². The lowest BCUT2D eigenvalue weighted by Gasteiger charge is -2.27. The average molecular weight is 253 g/mol. The molecule has 1 aromatic rings. The van der Waals surface area contributed by atoms with Crippen LogP contribution in [0.5, 0.6) is 0 Å². The highest BCUT2D eigenvalue weighted by Gasteiger charge is 2.19. The fourth-order valence-electron chi connectivity index (χ4n) is 1.81. The number of amides is 1. The van der Waals surface area contributed by atoms with Gasteiger partial charge in [0.05, 0.1) is 4.88 Å². The Bertz CT molecular complexity index is 385.